The van der Waals surface area contributed by atoms with Gasteiger partial charge in [-0.25, -0.2) is 4.79 Å². The molecule has 5 heteroatoms. The highest BCUT2D eigenvalue weighted by atomic mass is 16.5. The summed E-state index contributed by atoms with van der Waals surface area (Å²) in [7, 11) is 0. The van der Waals surface area contributed by atoms with Gasteiger partial charge in [-0.3, -0.25) is 4.79 Å². The fourth-order valence-electron chi connectivity index (χ4n) is 2.52. The van der Waals surface area contributed by atoms with Crippen LogP contribution in [0.5, 0.6) is 0 Å². The van der Waals surface area contributed by atoms with E-state index in [1.54, 1.807) is 0 Å². The van der Waals surface area contributed by atoms with E-state index in [1.807, 2.05) is 6.92 Å². The summed E-state index contributed by atoms with van der Waals surface area (Å²) in [6, 6.07) is 0. The number of carboxylic acids is 1. The van der Waals surface area contributed by atoms with Gasteiger partial charge in [-0.05, 0) is 19.3 Å². The number of rotatable bonds is 5. The molecule has 0 spiro atoms. The van der Waals surface area contributed by atoms with Crippen molar-refractivity contribution in [3.8, 4) is 0 Å². The molecule has 0 aliphatic carbocycles. The smallest absolute Gasteiger partial charge is 0.340 e. The number of carboxylic acid groups (broad SMARTS) is 1. The highest BCUT2D eigenvalue weighted by Crippen LogP contribution is 2.34. The average molecular weight is 266 g/mol. The number of aldehydes is 1. The molecule has 0 unspecified atom stereocenters. The number of aryl methyl sites for hydroxylation is 1. The summed E-state index contributed by atoms with van der Waals surface area (Å²) in [6.45, 7) is 3.17. The second kappa shape index (κ2) is 6.02. The van der Waals surface area contributed by atoms with Gasteiger partial charge >= 0.3 is 5.97 Å². The normalized spacial score (nSPS) is 16.5. The molecular formula is C14H18O5. The summed E-state index contributed by atoms with van der Waals surface area (Å²) in [4.78, 5) is 22.6. The van der Waals surface area contributed by atoms with Gasteiger partial charge in [0, 0.05) is 25.6 Å². The Balaban J connectivity index is 2.45. The Morgan fingerprint density at radius 3 is 2.63 bits per heavy atom. The maximum Gasteiger partial charge on any atom is 0.340 e. The Bertz CT molecular complexity index is 468. The van der Waals surface area contributed by atoms with Gasteiger partial charge in [0.1, 0.15) is 17.1 Å². The van der Waals surface area contributed by atoms with Crippen LogP contribution < -0.4 is 0 Å². The van der Waals surface area contributed by atoms with Crippen molar-refractivity contribution in [2.75, 3.05) is 13.2 Å². The van der Waals surface area contributed by atoms with Crippen LogP contribution in [0.25, 0.3) is 0 Å². The third-order valence-electron chi connectivity index (χ3n) is 3.45. The van der Waals surface area contributed by atoms with Gasteiger partial charge in [0.05, 0.1) is 5.56 Å². The molecule has 1 fully saturated rings. The minimum absolute atomic E-state index is 0.0316. The van der Waals surface area contributed by atoms with Crippen LogP contribution in [0.15, 0.2) is 4.42 Å². The minimum atomic E-state index is -1.09. The van der Waals surface area contributed by atoms with Gasteiger partial charge in [-0.15, -0.1) is 0 Å². The number of hydrogen-bond acceptors (Lipinski definition) is 4. The summed E-state index contributed by atoms with van der Waals surface area (Å²) in [6.07, 6.45) is 3.45. The molecule has 1 aliphatic rings. The molecule has 5 nitrogen and oxygen atoms in total. The first-order valence-electron chi connectivity index (χ1n) is 6.60. The molecule has 2 heterocycles. The van der Waals surface area contributed by atoms with Crippen LogP contribution in [0.4, 0.5) is 0 Å². The number of carbonyl (C=O) groups is 2. The Hall–Kier alpha value is -1.62. The quantitative estimate of drug-likeness (QED) is 0.829. The zero-order valence-corrected chi connectivity index (χ0v) is 11.0. The lowest BCUT2D eigenvalue weighted by atomic mass is 9.93. The highest BCUT2D eigenvalue weighted by molar-refractivity contribution is 5.99. The molecule has 0 atom stereocenters. The largest absolute Gasteiger partial charge is 0.478 e. The Morgan fingerprint density at radius 1 is 1.42 bits per heavy atom. The van der Waals surface area contributed by atoms with Crippen molar-refractivity contribution in [1.82, 2.24) is 0 Å². The van der Waals surface area contributed by atoms with Crippen LogP contribution in [0.2, 0.25) is 0 Å². The molecule has 0 bridgehead atoms. The van der Waals surface area contributed by atoms with E-state index in [0.717, 1.165) is 19.3 Å². The van der Waals surface area contributed by atoms with Crippen LogP contribution in [0, 0.1) is 0 Å². The average Bonchev–Trinajstić information content (AvgIpc) is 2.79. The Morgan fingerprint density at radius 2 is 2.11 bits per heavy atom. The van der Waals surface area contributed by atoms with Crippen LogP contribution >= 0.6 is 0 Å². The molecule has 0 radical (unpaired) electrons. The predicted molar refractivity (Wildman–Crippen MR) is 67.8 cm³/mol. The number of furan rings is 1. The third kappa shape index (κ3) is 2.71. The van der Waals surface area contributed by atoms with Crippen molar-refractivity contribution >= 4 is 12.3 Å². The first kappa shape index (κ1) is 13.8. The second-order valence-electron chi connectivity index (χ2n) is 4.74. The van der Waals surface area contributed by atoms with E-state index >= 15 is 0 Å². The predicted octanol–water partition coefficient (Wildman–Crippen LogP) is 2.64. The minimum Gasteiger partial charge on any atom is -0.478 e. The van der Waals surface area contributed by atoms with E-state index in [0.29, 0.717) is 37.4 Å². The van der Waals surface area contributed by atoms with Crippen LogP contribution in [-0.4, -0.2) is 30.6 Å². The van der Waals surface area contributed by atoms with Gasteiger partial charge in [0.15, 0.2) is 6.29 Å². The van der Waals surface area contributed by atoms with E-state index in [-0.39, 0.29) is 17.0 Å². The molecular weight excluding hydrogens is 248 g/mol. The van der Waals surface area contributed by atoms with Crippen molar-refractivity contribution < 1.29 is 23.8 Å². The lowest BCUT2D eigenvalue weighted by molar-refractivity contribution is 0.0673. The molecule has 104 valence electrons. The topological polar surface area (TPSA) is 76.7 Å². The van der Waals surface area contributed by atoms with Gasteiger partial charge in [0.2, 0.25) is 0 Å². The maximum atomic E-state index is 11.4. The van der Waals surface area contributed by atoms with E-state index < -0.39 is 5.97 Å². The zero-order chi connectivity index (χ0) is 13.8. The van der Waals surface area contributed by atoms with Crippen LogP contribution in [-0.2, 0) is 11.2 Å². The van der Waals surface area contributed by atoms with Gasteiger partial charge < -0.3 is 14.3 Å². The first-order valence-corrected chi connectivity index (χ1v) is 6.60. The monoisotopic (exact) mass is 266 g/mol. The van der Waals surface area contributed by atoms with Crippen LogP contribution in [0.3, 0.4) is 0 Å². The molecule has 0 saturated carbocycles. The van der Waals surface area contributed by atoms with E-state index in [9.17, 15) is 14.7 Å². The molecule has 1 aliphatic heterocycles. The van der Waals surface area contributed by atoms with Crippen LogP contribution in [0.1, 0.15) is 64.3 Å². The Kier molecular flexibility index (Phi) is 4.37. The summed E-state index contributed by atoms with van der Waals surface area (Å²) in [5.74, 6) is -0.114. The van der Waals surface area contributed by atoms with Crippen molar-refractivity contribution in [3.63, 3.8) is 0 Å². The Labute approximate surface area is 111 Å². The molecule has 1 aromatic rings. The van der Waals surface area contributed by atoms with Crippen molar-refractivity contribution in [2.24, 2.45) is 0 Å². The molecule has 0 amide bonds. The standard InChI is InChI=1S/C14H18O5/c1-2-3-11-10(8-15)12(14(16)17)13(19-11)9-4-6-18-7-5-9/h8-9H,2-7H2,1H3,(H,16,17). The lowest BCUT2D eigenvalue weighted by Gasteiger charge is -2.20. The first-order chi connectivity index (χ1) is 9.19. The number of aromatic carboxylic acids is 1. The summed E-state index contributed by atoms with van der Waals surface area (Å²) in [5, 5.41) is 9.34. The van der Waals surface area contributed by atoms with Crippen molar-refractivity contribution in [3.05, 3.63) is 22.6 Å². The molecule has 0 aromatic carbocycles. The summed E-state index contributed by atoms with van der Waals surface area (Å²) < 4.78 is 11.0. The van der Waals surface area contributed by atoms with E-state index in [4.69, 9.17) is 9.15 Å². The highest BCUT2D eigenvalue weighted by Gasteiger charge is 2.30. The maximum absolute atomic E-state index is 11.4. The van der Waals surface area contributed by atoms with E-state index in [1.165, 1.54) is 0 Å². The second-order valence-corrected chi connectivity index (χ2v) is 4.74. The number of carbonyl (C=O) groups excluding carboxylic acids is 1. The molecule has 2 rings (SSSR count). The van der Waals surface area contributed by atoms with Gasteiger partial charge in [-0.2, -0.15) is 0 Å². The molecule has 1 N–H and O–H groups in total. The summed E-state index contributed by atoms with van der Waals surface area (Å²) in [5.41, 5.74) is 0.251. The fraction of sp³-hybridized carbons (Fsp3) is 0.571. The van der Waals surface area contributed by atoms with Crippen molar-refractivity contribution in [2.45, 2.75) is 38.5 Å². The summed E-state index contributed by atoms with van der Waals surface area (Å²) >= 11 is 0. The third-order valence-corrected chi connectivity index (χ3v) is 3.45. The SMILES string of the molecule is CCCc1oc(C2CCOCC2)c(C(=O)O)c1C=O. The number of ether oxygens (including phenoxy) is 1. The zero-order valence-electron chi connectivity index (χ0n) is 11.0. The fourth-order valence-corrected chi connectivity index (χ4v) is 2.52. The van der Waals surface area contributed by atoms with Crippen molar-refractivity contribution in [1.29, 1.82) is 0 Å². The van der Waals surface area contributed by atoms with Gasteiger partial charge in [0.25, 0.3) is 0 Å². The lowest BCUT2D eigenvalue weighted by Crippen LogP contribution is -2.16. The number of hydrogen-bond donors (Lipinski definition) is 1. The van der Waals surface area contributed by atoms with Gasteiger partial charge in [-0.1, -0.05) is 6.92 Å². The molecule has 19 heavy (non-hydrogen) atoms. The molecule has 1 saturated heterocycles. The van der Waals surface area contributed by atoms with E-state index in [2.05, 4.69) is 0 Å². The molecule has 1 aromatic heterocycles.